The summed E-state index contributed by atoms with van der Waals surface area (Å²) in [5.74, 6) is 1.79. The molecule has 1 aromatic rings. The molecule has 4 nitrogen and oxygen atoms in total. The molecule has 0 aliphatic carbocycles. The molecule has 0 saturated carbocycles. The van der Waals surface area contributed by atoms with Gasteiger partial charge >= 0.3 is 0 Å². The molecule has 1 atom stereocenters. The highest BCUT2D eigenvalue weighted by molar-refractivity contribution is 14.0. The monoisotopic (exact) mass is 402 g/mol. The molecular formula is C16H27IN4. The summed E-state index contributed by atoms with van der Waals surface area (Å²) in [5.41, 5.74) is 2.27. The fourth-order valence-electron chi connectivity index (χ4n) is 2.64. The summed E-state index contributed by atoms with van der Waals surface area (Å²) in [4.78, 5) is 11.6. The SMILES string of the molecule is CCNC(=NCc1ncccc1C)N1CCCC(C)C1.I. The molecule has 2 heterocycles. The molecule has 118 valence electrons. The van der Waals surface area contributed by atoms with Gasteiger partial charge in [0.05, 0.1) is 12.2 Å². The molecule has 0 spiro atoms. The molecule has 1 N–H and O–H groups in total. The standard InChI is InChI=1S/C16H26N4.HI/c1-4-17-16(20-10-6-7-13(2)12-20)19-11-15-14(3)8-5-9-18-15;/h5,8-9,13H,4,6-7,10-12H2,1-3H3,(H,17,19);1H. The van der Waals surface area contributed by atoms with Crippen molar-refractivity contribution in [1.29, 1.82) is 0 Å². The molecule has 1 aliphatic rings. The Hall–Kier alpha value is -0.850. The second kappa shape index (κ2) is 9.23. The van der Waals surface area contributed by atoms with Crippen LogP contribution in [0.4, 0.5) is 0 Å². The molecule has 1 saturated heterocycles. The van der Waals surface area contributed by atoms with Gasteiger partial charge in [0.2, 0.25) is 0 Å². The number of pyridine rings is 1. The Kier molecular flexibility index (Phi) is 8.00. The van der Waals surface area contributed by atoms with Crippen molar-refractivity contribution < 1.29 is 0 Å². The Labute approximate surface area is 145 Å². The Morgan fingerprint density at radius 3 is 3.00 bits per heavy atom. The van der Waals surface area contributed by atoms with Crippen molar-refractivity contribution in [1.82, 2.24) is 15.2 Å². The van der Waals surface area contributed by atoms with Crippen LogP contribution in [0.1, 0.15) is 37.9 Å². The number of hydrogen-bond donors (Lipinski definition) is 1. The second-order valence-corrected chi connectivity index (χ2v) is 5.63. The minimum absolute atomic E-state index is 0. The van der Waals surface area contributed by atoms with Crippen LogP contribution in [-0.2, 0) is 6.54 Å². The smallest absolute Gasteiger partial charge is 0.194 e. The molecule has 2 rings (SSSR count). The number of hydrogen-bond acceptors (Lipinski definition) is 2. The van der Waals surface area contributed by atoms with Crippen LogP contribution in [0.2, 0.25) is 0 Å². The number of aromatic nitrogens is 1. The zero-order valence-corrected chi connectivity index (χ0v) is 15.6. The molecule has 1 aromatic heterocycles. The maximum Gasteiger partial charge on any atom is 0.194 e. The fourth-order valence-corrected chi connectivity index (χ4v) is 2.64. The highest BCUT2D eigenvalue weighted by Crippen LogP contribution is 2.15. The fraction of sp³-hybridized carbons (Fsp3) is 0.625. The van der Waals surface area contributed by atoms with Crippen LogP contribution in [0.25, 0.3) is 0 Å². The van der Waals surface area contributed by atoms with Gasteiger partial charge in [0.15, 0.2) is 5.96 Å². The minimum Gasteiger partial charge on any atom is -0.357 e. The normalized spacial score (nSPS) is 19.1. The highest BCUT2D eigenvalue weighted by atomic mass is 127. The van der Waals surface area contributed by atoms with E-state index in [4.69, 9.17) is 4.99 Å². The molecule has 0 aromatic carbocycles. The van der Waals surface area contributed by atoms with Crippen LogP contribution in [0.3, 0.4) is 0 Å². The lowest BCUT2D eigenvalue weighted by molar-refractivity contribution is 0.266. The van der Waals surface area contributed by atoms with Crippen LogP contribution in [-0.4, -0.2) is 35.5 Å². The first-order valence-corrected chi connectivity index (χ1v) is 7.64. The van der Waals surface area contributed by atoms with Gasteiger partial charge in [-0.1, -0.05) is 13.0 Å². The van der Waals surface area contributed by atoms with E-state index in [0.717, 1.165) is 37.2 Å². The first kappa shape index (κ1) is 18.2. The van der Waals surface area contributed by atoms with E-state index in [-0.39, 0.29) is 24.0 Å². The minimum atomic E-state index is 0. The van der Waals surface area contributed by atoms with E-state index >= 15 is 0 Å². The Morgan fingerprint density at radius 2 is 2.33 bits per heavy atom. The zero-order valence-electron chi connectivity index (χ0n) is 13.3. The number of aliphatic imine (C=N–C) groups is 1. The molecule has 5 heteroatoms. The van der Waals surface area contributed by atoms with Crippen molar-refractivity contribution >= 4 is 29.9 Å². The van der Waals surface area contributed by atoms with Crippen molar-refractivity contribution in [3.05, 3.63) is 29.6 Å². The summed E-state index contributed by atoms with van der Waals surface area (Å²) in [6.07, 6.45) is 4.43. The van der Waals surface area contributed by atoms with Crippen LogP contribution < -0.4 is 5.32 Å². The third-order valence-corrected chi connectivity index (χ3v) is 3.79. The predicted molar refractivity (Wildman–Crippen MR) is 99.2 cm³/mol. The van der Waals surface area contributed by atoms with Crippen LogP contribution in [0.15, 0.2) is 23.3 Å². The summed E-state index contributed by atoms with van der Waals surface area (Å²) < 4.78 is 0. The van der Waals surface area contributed by atoms with Crippen molar-refractivity contribution in [2.24, 2.45) is 10.9 Å². The van der Waals surface area contributed by atoms with Crippen molar-refractivity contribution in [2.75, 3.05) is 19.6 Å². The maximum atomic E-state index is 4.77. The highest BCUT2D eigenvalue weighted by Gasteiger charge is 2.19. The van der Waals surface area contributed by atoms with Crippen molar-refractivity contribution in [3.8, 4) is 0 Å². The van der Waals surface area contributed by atoms with E-state index in [2.05, 4.69) is 42.0 Å². The molecule has 1 fully saturated rings. The topological polar surface area (TPSA) is 40.5 Å². The summed E-state index contributed by atoms with van der Waals surface area (Å²) in [7, 11) is 0. The molecular weight excluding hydrogens is 375 g/mol. The van der Waals surface area contributed by atoms with Gasteiger partial charge in [0, 0.05) is 25.8 Å². The number of rotatable bonds is 3. The lowest BCUT2D eigenvalue weighted by Crippen LogP contribution is -2.46. The lowest BCUT2D eigenvalue weighted by Gasteiger charge is -2.33. The van der Waals surface area contributed by atoms with E-state index in [1.165, 1.54) is 18.4 Å². The van der Waals surface area contributed by atoms with Gasteiger partial charge in [0.25, 0.3) is 0 Å². The summed E-state index contributed by atoms with van der Waals surface area (Å²) in [6.45, 7) is 10.3. The average Bonchev–Trinajstić information content (AvgIpc) is 2.45. The van der Waals surface area contributed by atoms with E-state index in [1.807, 2.05) is 12.3 Å². The predicted octanol–water partition coefficient (Wildman–Crippen LogP) is 3.21. The van der Waals surface area contributed by atoms with Gasteiger partial charge in [-0.2, -0.15) is 0 Å². The largest absolute Gasteiger partial charge is 0.357 e. The number of likely N-dealkylation sites (tertiary alicyclic amines) is 1. The molecule has 21 heavy (non-hydrogen) atoms. The summed E-state index contributed by atoms with van der Waals surface area (Å²) >= 11 is 0. The van der Waals surface area contributed by atoms with Crippen LogP contribution in [0, 0.1) is 12.8 Å². The van der Waals surface area contributed by atoms with E-state index in [0.29, 0.717) is 6.54 Å². The Bertz CT molecular complexity index is 461. The number of guanidine groups is 1. The zero-order chi connectivity index (χ0) is 14.4. The Balaban J connectivity index is 0.00000220. The number of aryl methyl sites for hydroxylation is 1. The quantitative estimate of drug-likeness (QED) is 0.480. The van der Waals surface area contributed by atoms with Crippen molar-refractivity contribution in [2.45, 2.75) is 40.2 Å². The molecule has 0 amide bonds. The van der Waals surface area contributed by atoms with Crippen LogP contribution >= 0.6 is 24.0 Å². The van der Waals surface area contributed by atoms with Gasteiger partial charge in [0.1, 0.15) is 0 Å². The van der Waals surface area contributed by atoms with Gasteiger partial charge in [-0.25, -0.2) is 4.99 Å². The molecule has 0 bridgehead atoms. The van der Waals surface area contributed by atoms with E-state index in [1.54, 1.807) is 0 Å². The second-order valence-electron chi connectivity index (χ2n) is 5.63. The third kappa shape index (κ3) is 5.45. The van der Waals surface area contributed by atoms with E-state index in [9.17, 15) is 0 Å². The summed E-state index contributed by atoms with van der Waals surface area (Å²) in [5, 5.41) is 3.41. The number of nitrogens with one attached hydrogen (secondary N) is 1. The molecule has 1 unspecified atom stereocenters. The number of nitrogens with zero attached hydrogens (tertiary/aromatic N) is 3. The average molecular weight is 402 g/mol. The van der Waals surface area contributed by atoms with Crippen LogP contribution in [0.5, 0.6) is 0 Å². The maximum absolute atomic E-state index is 4.77. The lowest BCUT2D eigenvalue weighted by atomic mass is 10.0. The van der Waals surface area contributed by atoms with Gasteiger partial charge in [-0.05, 0) is 44.2 Å². The first-order valence-electron chi connectivity index (χ1n) is 7.64. The number of piperidine rings is 1. The van der Waals surface area contributed by atoms with Gasteiger partial charge in [-0.3, -0.25) is 4.98 Å². The Morgan fingerprint density at radius 1 is 1.52 bits per heavy atom. The van der Waals surface area contributed by atoms with Gasteiger partial charge < -0.3 is 10.2 Å². The first-order chi connectivity index (χ1) is 9.70. The summed E-state index contributed by atoms with van der Waals surface area (Å²) in [6, 6.07) is 4.06. The molecule has 1 aliphatic heterocycles. The van der Waals surface area contributed by atoms with Gasteiger partial charge in [-0.15, -0.1) is 24.0 Å². The molecule has 0 radical (unpaired) electrons. The third-order valence-electron chi connectivity index (χ3n) is 3.79. The van der Waals surface area contributed by atoms with E-state index < -0.39 is 0 Å². The number of halogens is 1. The van der Waals surface area contributed by atoms with Crippen molar-refractivity contribution in [3.63, 3.8) is 0 Å².